The molecule has 1 amide bonds. The molecule has 0 atom stereocenters. The molecule has 1 fully saturated rings. The third-order valence-corrected chi connectivity index (χ3v) is 5.15. The lowest BCUT2D eigenvalue weighted by atomic mass is 9.95. The number of hydrogen-bond donors (Lipinski definition) is 1. The van der Waals surface area contributed by atoms with Gasteiger partial charge in [-0.05, 0) is 37.0 Å². The van der Waals surface area contributed by atoms with E-state index >= 15 is 0 Å². The minimum absolute atomic E-state index is 0.0215. The Morgan fingerprint density at radius 2 is 1.97 bits per heavy atom. The molecule has 4 rings (SSSR count). The van der Waals surface area contributed by atoms with Crippen LogP contribution in [-0.4, -0.2) is 28.9 Å². The molecule has 1 saturated heterocycles. The Morgan fingerprint density at radius 3 is 2.69 bits per heavy atom. The van der Waals surface area contributed by atoms with Crippen molar-refractivity contribution >= 4 is 11.7 Å². The van der Waals surface area contributed by atoms with Gasteiger partial charge in [0.15, 0.2) is 0 Å². The largest absolute Gasteiger partial charge is 0.427 e. The van der Waals surface area contributed by atoms with E-state index in [0.717, 1.165) is 18.4 Å². The zero-order chi connectivity index (χ0) is 20.2. The van der Waals surface area contributed by atoms with Crippen LogP contribution in [0.5, 0.6) is 0 Å². The quantitative estimate of drug-likeness (QED) is 0.718. The van der Waals surface area contributed by atoms with Gasteiger partial charge < -0.3 is 14.5 Å². The van der Waals surface area contributed by atoms with Crippen molar-refractivity contribution in [1.82, 2.24) is 9.78 Å². The number of amides is 1. The molecule has 1 aliphatic rings. The van der Waals surface area contributed by atoms with Gasteiger partial charge in [-0.2, -0.15) is 5.10 Å². The Bertz CT molecular complexity index is 1050. The highest BCUT2D eigenvalue weighted by Gasteiger charge is 2.23. The number of aromatic nitrogens is 2. The first-order valence-electron chi connectivity index (χ1n) is 9.71. The van der Waals surface area contributed by atoms with E-state index in [1.807, 2.05) is 30.3 Å². The number of anilines is 1. The molecule has 1 aliphatic heterocycles. The number of carbonyl (C=O) groups excluding carboxylic acids is 1. The normalized spacial score (nSPS) is 14.7. The van der Waals surface area contributed by atoms with E-state index in [0.29, 0.717) is 36.9 Å². The molecule has 0 bridgehead atoms. The van der Waals surface area contributed by atoms with Gasteiger partial charge in [-0.25, -0.2) is 9.48 Å². The van der Waals surface area contributed by atoms with Crippen LogP contribution >= 0.6 is 0 Å². The summed E-state index contributed by atoms with van der Waals surface area (Å²) in [5.74, 6) is 0.803. The summed E-state index contributed by atoms with van der Waals surface area (Å²) in [6, 6.07) is 13.3. The summed E-state index contributed by atoms with van der Waals surface area (Å²) in [5.41, 5.74) is 1.07. The van der Waals surface area contributed by atoms with Gasteiger partial charge in [0.05, 0.1) is 12.7 Å². The second kappa shape index (κ2) is 8.45. The minimum atomic E-state index is -0.613. The molecule has 3 aromatic rings. The van der Waals surface area contributed by atoms with Gasteiger partial charge in [0.1, 0.15) is 17.1 Å². The zero-order valence-corrected chi connectivity index (χ0v) is 16.3. The van der Waals surface area contributed by atoms with Crippen LogP contribution in [0.25, 0.3) is 0 Å². The van der Waals surface area contributed by atoms with Crippen molar-refractivity contribution in [3.63, 3.8) is 0 Å². The molecular weight excluding hydrogens is 370 g/mol. The van der Waals surface area contributed by atoms with Gasteiger partial charge >= 0.3 is 5.63 Å². The molecule has 3 heterocycles. The van der Waals surface area contributed by atoms with Crippen molar-refractivity contribution in [3.8, 4) is 0 Å². The highest BCUT2D eigenvalue weighted by molar-refractivity contribution is 6.04. The maximum atomic E-state index is 12.8. The maximum Gasteiger partial charge on any atom is 0.349 e. The fourth-order valence-corrected chi connectivity index (χ4v) is 3.59. The summed E-state index contributed by atoms with van der Waals surface area (Å²) in [6.45, 7) is 3.58. The number of aryl methyl sites for hydroxylation is 1. The maximum absolute atomic E-state index is 12.8. The summed E-state index contributed by atoms with van der Waals surface area (Å²) in [6.07, 6.45) is 3.24. The predicted molar refractivity (Wildman–Crippen MR) is 108 cm³/mol. The molecule has 2 aromatic heterocycles. The average Bonchev–Trinajstić information content (AvgIpc) is 3.15. The predicted octanol–water partition coefficient (Wildman–Crippen LogP) is 3.34. The lowest BCUT2D eigenvalue weighted by molar-refractivity contribution is 0.0796. The molecular formula is C22H23N3O4. The molecule has 0 radical (unpaired) electrons. The van der Waals surface area contributed by atoms with Gasteiger partial charge in [0.2, 0.25) is 0 Å². The fourth-order valence-electron chi connectivity index (χ4n) is 3.59. The van der Waals surface area contributed by atoms with Crippen LogP contribution in [-0.2, 0) is 11.3 Å². The van der Waals surface area contributed by atoms with Crippen molar-refractivity contribution in [2.45, 2.75) is 32.2 Å². The molecule has 0 spiro atoms. The second-order valence-electron chi connectivity index (χ2n) is 7.19. The van der Waals surface area contributed by atoms with E-state index in [1.165, 1.54) is 0 Å². The third-order valence-electron chi connectivity index (χ3n) is 5.15. The molecule has 29 heavy (non-hydrogen) atoms. The van der Waals surface area contributed by atoms with Gasteiger partial charge in [-0.1, -0.05) is 30.3 Å². The van der Waals surface area contributed by atoms with Crippen LogP contribution < -0.4 is 10.9 Å². The molecule has 150 valence electrons. The molecule has 0 aliphatic carbocycles. The Hall–Kier alpha value is -3.19. The number of ether oxygens (including phenoxy) is 1. The van der Waals surface area contributed by atoms with Gasteiger partial charge in [0.25, 0.3) is 5.91 Å². The summed E-state index contributed by atoms with van der Waals surface area (Å²) >= 11 is 0. The van der Waals surface area contributed by atoms with E-state index in [4.69, 9.17) is 9.15 Å². The van der Waals surface area contributed by atoms with E-state index in [-0.39, 0.29) is 11.5 Å². The second-order valence-corrected chi connectivity index (χ2v) is 7.19. The van der Waals surface area contributed by atoms with Gasteiger partial charge in [0, 0.05) is 25.2 Å². The van der Waals surface area contributed by atoms with E-state index in [9.17, 15) is 9.59 Å². The van der Waals surface area contributed by atoms with E-state index < -0.39 is 11.5 Å². The standard InChI is InChI=1S/C22H23N3O4/c1-15-13-18(17-8-11-28-12-9-17)29-22(27)20(15)21(26)24-19-7-10-23-25(19)14-16-5-3-2-4-6-16/h2-7,10,13,17H,8-9,11-12,14H2,1H3,(H,24,26). The van der Waals surface area contributed by atoms with Crippen LogP contribution in [0.4, 0.5) is 5.82 Å². The lowest BCUT2D eigenvalue weighted by Crippen LogP contribution is -2.25. The first-order chi connectivity index (χ1) is 14.1. The number of benzene rings is 1. The number of carbonyl (C=O) groups is 1. The number of rotatable bonds is 5. The molecule has 0 saturated carbocycles. The smallest absolute Gasteiger partial charge is 0.349 e. The molecule has 7 heteroatoms. The van der Waals surface area contributed by atoms with E-state index in [1.54, 1.807) is 29.9 Å². The molecule has 7 nitrogen and oxygen atoms in total. The summed E-state index contributed by atoms with van der Waals surface area (Å²) in [5, 5.41) is 7.06. The zero-order valence-electron chi connectivity index (χ0n) is 16.3. The SMILES string of the molecule is Cc1cc(C2CCOCC2)oc(=O)c1C(=O)Nc1ccnn1Cc1ccccc1. The van der Waals surface area contributed by atoms with Crippen LogP contribution in [0.15, 0.2) is 57.9 Å². The van der Waals surface area contributed by atoms with Gasteiger partial charge in [-0.3, -0.25) is 4.79 Å². The van der Waals surface area contributed by atoms with Crippen molar-refractivity contribution < 1.29 is 13.9 Å². The van der Waals surface area contributed by atoms with E-state index in [2.05, 4.69) is 10.4 Å². The number of nitrogens with one attached hydrogen (secondary N) is 1. The monoisotopic (exact) mass is 393 g/mol. The fraction of sp³-hybridized carbons (Fsp3) is 0.318. The number of hydrogen-bond acceptors (Lipinski definition) is 5. The first kappa shape index (κ1) is 19.1. The Kier molecular flexibility index (Phi) is 5.57. The summed E-state index contributed by atoms with van der Waals surface area (Å²) in [4.78, 5) is 25.4. The van der Waals surface area contributed by atoms with Gasteiger partial charge in [-0.15, -0.1) is 0 Å². The third kappa shape index (κ3) is 4.30. The van der Waals surface area contributed by atoms with Crippen molar-refractivity contribution in [2.75, 3.05) is 18.5 Å². The number of nitrogens with zero attached hydrogens (tertiary/aromatic N) is 2. The summed E-state index contributed by atoms with van der Waals surface area (Å²) in [7, 11) is 0. The van der Waals surface area contributed by atoms with Crippen LogP contribution in [0, 0.1) is 6.92 Å². The lowest BCUT2D eigenvalue weighted by Gasteiger charge is -2.21. The van der Waals surface area contributed by atoms with Crippen molar-refractivity contribution in [2.24, 2.45) is 0 Å². The summed E-state index contributed by atoms with van der Waals surface area (Å²) < 4.78 is 12.5. The van der Waals surface area contributed by atoms with Crippen molar-refractivity contribution in [3.05, 3.63) is 81.5 Å². The first-order valence-corrected chi connectivity index (χ1v) is 9.71. The van der Waals surface area contributed by atoms with Crippen LogP contribution in [0.2, 0.25) is 0 Å². The minimum Gasteiger partial charge on any atom is -0.427 e. The Balaban J connectivity index is 1.53. The van der Waals surface area contributed by atoms with Crippen LogP contribution in [0.1, 0.15) is 46.0 Å². The topological polar surface area (TPSA) is 86.4 Å². The highest BCUT2D eigenvalue weighted by atomic mass is 16.5. The Labute approximate surface area is 168 Å². The molecule has 0 unspecified atom stereocenters. The van der Waals surface area contributed by atoms with Crippen molar-refractivity contribution in [1.29, 1.82) is 0 Å². The molecule has 1 aromatic carbocycles. The average molecular weight is 393 g/mol. The highest BCUT2D eigenvalue weighted by Crippen LogP contribution is 2.27. The molecule has 1 N–H and O–H groups in total. The van der Waals surface area contributed by atoms with Crippen LogP contribution in [0.3, 0.4) is 0 Å². The Morgan fingerprint density at radius 1 is 1.21 bits per heavy atom.